The predicted octanol–water partition coefficient (Wildman–Crippen LogP) is 2.08. The van der Waals surface area contributed by atoms with Gasteiger partial charge >= 0.3 is 0 Å². The molecule has 0 N–H and O–H groups in total. The van der Waals surface area contributed by atoms with E-state index >= 15 is 0 Å². The maximum Gasteiger partial charge on any atom is 0.107 e. The summed E-state index contributed by atoms with van der Waals surface area (Å²) in [6, 6.07) is 0. The Morgan fingerprint density at radius 3 is 3.23 bits per heavy atom. The molecule has 0 aliphatic carbocycles. The van der Waals surface area contributed by atoms with Crippen LogP contribution in [0.5, 0.6) is 0 Å². The van der Waals surface area contributed by atoms with Gasteiger partial charge in [-0.15, -0.1) is 11.3 Å². The van der Waals surface area contributed by atoms with Gasteiger partial charge in [-0.05, 0) is 18.7 Å². The van der Waals surface area contributed by atoms with Crippen molar-refractivity contribution in [2.75, 3.05) is 24.6 Å². The highest BCUT2D eigenvalue weighted by Gasteiger charge is 2.10. The van der Waals surface area contributed by atoms with Gasteiger partial charge in [0.2, 0.25) is 0 Å². The third kappa shape index (κ3) is 2.97. The van der Waals surface area contributed by atoms with Gasteiger partial charge in [0.1, 0.15) is 5.01 Å². The first-order valence-corrected chi connectivity index (χ1v) is 6.67. The Hall–Kier alpha value is -0.0600. The number of hydrogen-bond donors (Lipinski definition) is 0. The molecule has 2 rings (SSSR count). The second kappa shape index (κ2) is 4.98. The van der Waals surface area contributed by atoms with Gasteiger partial charge in [-0.3, -0.25) is 4.90 Å². The third-order valence-electron chi connectivity index (χ3n) is 2.16. The number of aromatic nitrogens is 1. The summed E-state index contributed by atoms with van der Waals surface area (Å²) < 4.78 is 0. The SMILES string of the molecule is c1csc(CN2CCCSCC2)n1. The van der Waals surface area contributed by atoms with Crippen LogP contribution in [-0.2, 0) is 6.54 Å². The molecule has 0 atom stereocenters. The zero-order valence-electron chi connectivity index (χ0n) is 7.61. The van der Waals surface area contributed by atoms with Gasteiger partial charge in [0.25, 0.3) is 0 Å². The molecule has 2 nitrogen and oxygen atoms in total. The molecular weight excluding hydrogens is 200 g/mol. The van der Waals surface area contributed by atoms with E-state index in [1.165, 1.54) is 36.0 Å². The lowest BCUT2D eigenvalue weighted by atomic mass is 10.4. The summed E-state index contributed by atoms with van der Waals surface area (Å²) in [6.07, 6.45) is 3.22. The number of thioether (sulfide) groups is 1. The summed E-state index contributed by atoms with van der Waals surface area (Å²) in [4.78, 5) is 6.82. The Labute approximate surface area is 87.4 Å². The van der Waals surface area contributed by atoms with Crippen molar-refractivity contribution < 1.29 is 0 Å². The first-order chi connectivity index (χ1) is 6.45. The summed E-state index contributed by atoms with van der Waals surface area (Å²) in [5.74, 6) is 2.61. The molecule has 13 heavy (non-hydrogen) atoms. The molecule has 1 saturated heterocycles. The van der Waals surface area contributed by atoms with E-state index in [2.05, 4.69) is 27.0 Å². The minimum atomic E-state index is 1.05. The van der Waals surface area contributed by atoms with Gasteiger partial charge in [0, 0.05) is 23.9 Å². The number of rotatable bonds is 2. The fraction of sp³-hybridized carbons (Fsp3) is 0.667. The van der Waals surface area contributed by atoms with Gasteiger partial charge < -0.3 is 0 Å². The van der Waals surface area contributed by atoms with Crippen LogP contribution in [0.3, 0.4) is 0 Å². The van der Waals surface area contributed by atoms with Gasteiger partial charge in [-0.2, -0.15) is 11.8 Å². The van der Waals surface area contributed by atoms with Crippen molar-refractivity contribution >= 4 is 23.1 Å². The predicted molar refractivity (Wildman–Crippen MR) is 59.3 cm³/mol. The van der Waals surface area contributed by atoms with Crippen LogP contribution in [0.1, 0.15) is 11.4 Å². The normalized spacial score (nSPS) is 20.0. The Morgan fingerprint density at radius 1 is 1.38 bits per heavy atom. The topological polar surface area (TPSA) is 16.1 Å². The van der Waals surface area contributed by atoms with Crippen molar-refractivity contribution in [2.24, 2.45) is 0 Å². The second-order valence-corrected chi connectivity index (χ2v) is 5.37. The monoisotopic (exact) mass is 214 g/mol. The Morgan fingerprint density at radius 2 is 2.38 bits per heavy atom. The Bertz CT molecular complexity index is 228. The molecule has 0 unspecified atom stereocenters. The molecule has 1 fully saturated rings. The van der Waals surface area contributed by atoms with Gasteiger partial charge in [-0.1, -0.05) is 0 Å². The fourth-order valence-electron chi connectivity index (χ4n) is 1.48. The molecule has 0 saturated carbocycles. The average Bonchev–Trinajstić information content (AvgIpc) is 2.49. The van der Waals surface area contributed by atoms with Crippen molar-refractivity contribution in [1.82, 2.24) is 9.88 Å². The number of nitrogens with zero attached hydrogens (tertiary/aromatic N) is 2. The molecule has 0 amide bonds. The van der Waals surface area contributed by atoms with Crippen LogP contribution >= 0.6 is 23.1 Å². The number of hydrogen-bond acceptors (Lipinski definition) is 4. The summed E-state index contributed by atoms with van der Waals surface area (Å²) in [5.41, 5.74) is 0. The molecule has 1 aliphatic rings. The van der Waals surface area contributed by atoms with E-state index in [9.17, 15) is 0 Å². The summed E-state index contributed by atoms with van der Waals surface area (Å²) >= 11 is 3.84. The van der Waals surface area contributed by atoms with E-state index in [0.717, 1.165) is 6.54 Å². The molecular formula is C9H14N2S2. The van der Waals surface area contributed by atoms with Crippen molar-refractivity contribution in [3.8, 4) is 0 Å². The van der Waals surface area contributed by atoms with Crippen LogP contribution < -0.4 is 0 Å². The van der Waals surface area contributed by atoms with E-state index in [0.29, 0.717) is 0 Å². The maximum absolute atomic E-state index is 4.31. The lowest BCUT2D eigenvalue weighted by molar-refractivity contribution is 0.287. The average molecular weight is 214 g/mol. The molecule has 0 bridgehead atoms. The molecule has 1 aliphatic heterocycles. The van der Waals surface area contributed by atoms with E-state index < -0.39 is 0 Å². The van der Waals surface area contributed by atoms with Crippen LogP contribution in [-0.4, -0.2) is 34.5 Å². The second-order valence-electron chi connectivity index (χ2n) is 3.17. The lowest BCUT2D eigenvalue weighted by Crippen LogP contribution is -2.25. The highest BCUT2D eigenvalue weighted by Crippen LogP contribution is 2.13. The van der Waals surface area contributed by atoms with Crippen molar-refractivity contribution in [3.05, 3.63) is 16.6 Å². The fourth-order valence-corrected chi connectivity index (χ4v) is 3.06. The lowest BCUT2D eigenvalue weighted by Gasteiger charge is -2.17. The molecule has 0 aromatic carbocycles. The van der Waals surface area contributed by atoms with Crippen molar-refractivity contribution in [3.63, 3.8) is 0 Å². The molecule has 72 valence electrons. The molecule has 0 radical (unpaired) electrons. The highest BCUT2D eigenvalue weighted by atomic mass is 32.2. The zero-order valence-corrected chi connectivity index (χ0v) is 9.24. The van der Waals surface area contributed by atoms with Gasteiger partial charge in [0.05, 0.1) is 6.54 Å². The minimum Gasteiger partial charge on any atom is -0.296 e. The third-order valence-corrected chi connectivity index (χ3v) is 3.97. The summed E-state index contributed by atoms with van der Waals surface area (Å²) in [6.45, 7) is 3.52. The van der Waals surface area contributed by atoms with Crippen LogP contribution in [0, 0.1) is 0 Å². The Kier molecular flexibility index (Phi) is 3.64. The molecule has 4 heteroatoms. The summed E-state index contributed by atoms with van der Waals surface area (Å²) in [7, 11) is 0. The standard InChI is InChI=1S/C9H14N2S2/c1-3-11(4-7-12-5-1)8-9-10-2-6-13-9/h2,6H,1,3-5,7-8H2. The summed E-state index contributed by atoms with van der Waals surface area (Å²) in [5, 5.41) is 3.31. The van der Waals surface area contributed by atoms with E-state index in [4.69, 9.17) is 0 Å². The molecule has 0 spiro atoms. The number of thiazole rings is 1. The molecule has 1 aromatic rings. The van der Waals surface area contributed by atoms with Gasteiger partial charge in [0.15, 0.2) is 0 Å². The van der Waals surface area contributed by atoms with E-state index in [-0.39, 0.29) is 0 Å². The molecule has 1 aromatic heterocycles. The van der Waals surface area contributed by atoms with E-state index in [1.54, 1.807) is 11.3 Å². The van der Waals surface area contributed by atoms with Crippen LogP contribution in [0.4, 0.5) is 0 Å². The molecule has 2 heterocycles. The zero-order chi connectivity index (χ0) is 8.93. The van der Waals surface area contributed by atoms with Crippen molar-refractivity contribution in [2.45, 2.75) is 13.0 Å². The van der Waals surface area contributed by atoms with Gasteiger partial charge in [-0.25, -0.2) is 4.98 Å². The van der Waals surface area contributed by atoms with Crippen LogP contribution in [0.2, 0.25) is 0 Å². The van der Waals surface area contributed by atoms with Crippen molar-refractivity contribution in [1.29, 1.82) is 0 Å². The van der Waals surface area contributed by atoms with Crippen LogP contribution in [0.15, 0.2) is 11.6 Å². The maximum atomic E-state index is 4.31. The van der Waals surface area contributed by atoms with E-state index in [1.807, 2.05) is 6.20 Å². The Balaban J connectivity index is 1.86. The smallest absolute Gasteiger partial charge is 0.107 e. The first-order valence-electron chi connectivity index (χ1n) is 4.63. The largest absolute Gasteiger partial charge is 0.296 e. The quantitative estimate of drug-likeness (QED) is 0.750. The first kappa shape index (κ1) is 9.49. The minimum absolute atomic E-state index is 1.05. The highest BCUT2D eigenvalue weighted by molar-refractivity contribution is 7.99. The van der Waals surface area contributed by atoms with Crippen LogP contribution in [0.25, 0.3) is 0 Å².